The highest BCUT2D eigenvalue weighted by Gasteiger charge is 2.15. The van der Waals surface area contributed by atoms with E-state index in [9.17, 15) is 14.0 Å². The standard InChI is InChI=1S/C23H28ClFN6O2/c1-3-15-4-6-16(7-5-15)21(13-28-2)30-23(33)20(26)14-31(27)11-10-29-22(32)18-9-8-17(24)12-19(18)25/h4-9,12-14,21H,3,10-11,26-27H2,1-2H3,(H,29,32)(H,30,33). The van der Waals surface area contributed by atoms with Crippen LogP contribution in [0.3, 0.4) is 0 Å². The monoisotopic (exact) mass is 474 g/mol. The summed E-state index contributed by atoms with van der Waals surface area (Å²) < 4.78 is 13.8. The van der Waals surface area contributed by atoms with E-state index < -0.39 is 23.7 Å². The van der Waals surface area contributed by atoms with Crippen molar-refractivity contribution in [3.8, 4) is 0 Å². The van der Waals surface area contributed by atoms with Crippen LogP contribution in [0.1, 0.15) is 34.5 Å². The normalized spacial score (nSPS) is 12.5. The van der Waals surface area contributed by atoms with E-state index >= 15 is 0 Å². The molecule has 6 N–H and O–H groups in total. The molecule has 0 aliphatic carbocycles. The molecule has 0 aliphatic heterocycles. The number of benzene rings is 2. The number of hydrogen-bond donors (Lipinski definition) is 4. The number of hydrogen-bond acceptors (Lipinski definition) is 6. The molecule has 2 aromatic rings. The maximum Gasteiger partial charge on any atom is 0.269 e. The number of aliphatic imine (C=N–C) groups is 1. The fraction of sp³-hybridized carbons (Fsp3) is 0.261. The Morgan fingerprint density at radius 2 is 1.94 bits per heavy atom. The molecule has 0 fully saturated rings. The quantitative estimate of drug-likeness (QED) is 0.182. The predicted molar refractivity (Wildman–Crippen MR) is 128 cm³/mol. The second-order valence-corrected chi connectivity index (χ2v) is 7.59. The van der Waals surface area contributed by atoms with Crippen molar-refractivity contribution in [2.75, 3.05) is 20.1 Å². The van der Waals surface area contributed by atoms with Crippen LogP contribution in [0.4, 0.5) is 4.39 Å². The molecule has 10 heteroatoms. The van der Waals surface area contributed by atoms with E-state index in [-0.39, 0.29) is 29.4 Å². The van der Waals surface area contributed by atoms with Gasteiger partial charge in [0.15, 0.2) is 0 Å². The first-order chi connectivity index (χ1) is 15.7. The molecule has 0 saturated carbocycles. The fourth-order valence-electron chi connectivity index (χ4n) is 2.91. The van der Waals surface area contributed by atoms with Gasteiger partial charge in [0.25, 0.3) is 11.8 Å². The van der Waals surface area contributed by atoms with Crippen molar-refractivity contribution in [2.24, 2.45) is 16.6 Å². The fourth-order valence-corrected chi connectivity index (χ4v) is 3.07. The van der Waals surface area contributed by atoms with Crippen LogP contribution in [0.25, 0.3) is 0 Å². The summed E-state index contributed by atoms with van der Waals surface area (Å²) in [7, 11) is 1.62. The first-order valence-corrected chi connectivity index (χ1v) is 10.7. The number of halogens is 2. The van der Waals surface area contributed by atoms with Gasteiger partial charge in [0.05, 0.1) is 18.2 Å². The van der Waals surface area contributed by atoms with Crippen LogP contribution in [0, 0.1) is 5.82 Å². The van der Waals surface area contributed by atoms with Crippen molar-refractivity contribution in [1.82, 2.24) is 15.6 Å². The van der Waals surface area contributed by atoms with Crippen LogP contribution in [0.15, 0.2) is 59.4 Å². The van der Waals surface area contributed by atoms with Crippen LogP contribution in [0.5, 0.6) is 0 Å². The Labute approximate surface area is 197 Å². The highest BCUT2D eigenvalue weighted by Crippen LogP contribution is 2.15. The lowest BCUT2D eigenvalue weighted by Crippen LogP contribution is -2.38. The second kappa shape index (κ2) is 12.6. The van der Waals surface area contributed by atoms with Crippen molar-refractivity contribution in [3.05, 3.63) is 81.9 Å². The average molecular weight is 475 g/mol. The highest BCUT2D eigenvalue weighted by atomic mass is 35.5. The molecule has 0 radical (unpaired) electrons. The molecule has 0 spiro atoms. The van der Waals surface area contributed by atoms with Gasteiger partial charge in [0, 0.05) is 31.0 Å². The summed E-state index contributed by atoms with van der Waals surface area (Å²) in [5, 5.41) is 6.69. The van der Waals surface area contributed by atoms with E-state index in [2.05, 4.69) is 22.5 Å². The zero-order chi connectivity index (χ0) is 24.4. The van der Waals surface area contributed by atoms with E-state index in [1.165, 1.54) is 23.9 Å². The zero-order valence-electron chi connectivity index (χ0n) is 18.5. The van der Waals surface area contributed by atoms with Gasteiger partial charge in [0.1, 0.15) is 11.5 Å². The molecule has 176 valence electrons. The molecule has 2 amide bonds. The number of nitrogens with two attached hydrogens (primary N) is 2. The van der Waals surface area contributed by atoms with E-state index in [1.54, 1.807) is 13.3 Å². The largest absolute Gasteiger partial charge is 0.393 e. The molecule has 2 rings (SSSR count). The lowest BCUT2D eigenvalue weighted by atomic mass is 10.0. The molecular formula is C23H28ClFN6O2. The summed E-state index contributed by atoms with van der Waals surface area (Å²) in [6, 6.07) is 11.1. The number of amides is 2. The minimum Gasteiger partial charge on any atom is -0.393 e. The average Bonchev–Trinajstić information content (AvgIpc) is 2.78. The molecule has 2 aromatic carbocycles. The first-order valence-electron chi connectivity index (χ1n) is 10.3. The number of hydrazine groups is 1. The highest BCUT2D eigenvalue weighted by molar-refractivity contribution is 6.30. The molecule has 8 nitrogen and oxygen atoms in total. The van der Waals surface area contributed by atoms with Crippen LogP contribution >= 0.6 is 11.6 Å². The maximum absolute atomic E-state index is 13.8. The van der Waals surface area contributed by atoms with Gasteiger partial charge in [-0.1, -0.05) is 42.8 Å². The molecular weight excluding hydrogens is 447 g/mol. The maximum atomic E-state index is 13.8. The molecule has 1 unspecified atom stereocenters. The Bertz CT molecular complexity index is 1030. The summed E-state index contributed by atoms with van der Waals surface area (Å²) in [6.45, 7) is 2.29. The third kappa shape index (κ3) is 7.89. The Kier molecular flexibility index (Phi) is 9.84. The molecule has 1 atom stereocenters. The second-order valence-electron chi connectivity index (χ2n) is 7.16. The molecule has 0 saturated heterocycles. The van der Waals surface area contributed by atoms with Crippen molar-refractivity contribution in [2.45, 2.75) is 19.4 Å². The van der Waals surface area contributed by atoms with E-state index in [0.29, 0.717) is 0 Å². The lowest BCUT2D eigenvalue weighted by Gasteiger charge is -2.18. The van der Waals surface area contributed by atoms with Crippen LogP contribution in [-0.4, -0.2) is 43.2 Å². The minimum atomic E-state index is -0.722. The summed E-state index contributed by atoms with van der Waals surface area (Å²) in [5.74, 6) is 3.99. The number of carbonyl (C=O) groups is 2. The smallest absolute Gasteiger partial charge is 0.269 e. The summed E-state index contributed by atoms with van der Waals surface area (Å²) in [6.07, 6.45) is 3.78. The first kappa shape index (κ1) is 25.8. The number of carbonyl (C=O) groups excluding carboxylic acids is 2. The summed E-state index contributed by atoms with van der Waals surface area (Å²) in [5.41, 5.74) is 7.67. The van der Waals surface area contributed by atoms with Crippen LogP contribution in [0.2, 0.25) is 5.02 Å². The Hall–Kier alpha value is -3.43. The van der Waals surface area contributed by atoms with Gasteiger partial charge in [0.2, 0.25) is 0 Å². The number of aryl methyl sites for hydroxylation is 1. The Morgan fingerprint density at radius 3 is 2.55 bits per heavy atom. The van der Waals surface area contributed by atoms with Crippen molar-refractivity contribution in [3.63, 3.8) is 0 Å². The van der Waals surface area contributed by atoms with Gasteiger partial charge < -0.3 is 21.4 Å². The van der Waals surface area contributed by atoms with Crippen LogP contribution in [-0.2, 0) is 11.2 Å². The van der Waals surface area contributed by atoms with E-state index in [1.807, 2.05) is 24.3 Å². The zero-order valence-corrected chi connectivity index (χ0v) is 19.3. The van der Waals surface area contributed by atoms with Gasteiger partial charge in [-0.05, 0) is 35.7 Å². The Morgan fingerprint density at radius 1 is 1.24 bits per heavy atom. The van der Waals surface area contributed by atoms with Gasteiger partial charge in [-0.25, -0.2) is 10.2 Å². The number of nitrogens with one attached hydrogen (secondary N) is 2. The predicted octanol–water partition coefficient (Wildman–Crippen LogP) is 2.31. The molecule has 0 heterocycles. The molecule has 0 bridgehead atoms. The van der Waals surface area contributed by atoms with Gasteiger partial charge in [-0.3, -0.25) is 14.6 Å². The van der Waals surface area contributed by atoms with E-state index in [4.69, 9.17) is 23.2 Å². The molecule has 33 heavy (non-hydrogen) atoms. The topological polar surface area (TPSA) is 126 Å². The third-order valence-corrected chi connectivity index (χ3v) is 4.97. The van der Waals surface area contributed by atoms with Gasteiger partial charge in [-0.15, -0.1) is 0 Å². The van der Waals surface area contributed by atoms with Crippen molar-refractivity contribution < 1.29 is 14.0 Å². The molecule has 0 aliphatic rings. The minimum absolute atomic E-state index is 0.0949. The van der Waals surface area contributed by atoms with Gasteiger partial charge in [-0.2, -0.15) is 0 Å². The third-order valence-electron chi connectivity index (χ3n) is 4.73. The SMILES string of the molecule is CCc1ccc(C(C=NC)NC(=O)C(N)=CN(N)CCNC(=O)c2ccc(Cl)cc2F)cc1. The summed E-state index contributed by atoms with van der Waals surface area (Å²) in [4.78, 5) is 28.6. The van der Waals surface area contributed by atoms with Crippen molar-refractivity contribution in [1.29, 1.82) is 0 Å². The lowest BCUT2D eigenvalue weighted by molar-refractivity contribution is -0.117. The van der Waals surface area contributed by atoms with Gasteiger partial charge >= 0.3 is 0 Å². The number of nitrogens with zero attached hydrogens (tertiary/aromatic N) is 2. The van der Waals surface area contributed by atoms with Crippen LogP contribution < -0.4 is 22.2 Å². The van der Waals surface area contributed by atoms with Crippen molar-refractivity contribution >= 4 is 29.6 Å². The number of rotatable bonds is 10. The Balaban J connectivity index is 1.91. The van der Waals surface area contributed by atoms with E-state index in [0.717, 1.165) is 23.1 Å². The summed E-state index contributed by atoms with van der Waals surface area (Å²) >= 11 is 5.68. The molecule has 0 aromatic heterocycles.